The normalized spacial score (nSPS) is 11.1. The molecule has 120 valence electrons. The second-order valence-corrected chi connectivity index (χ2v) is 7.04. The average molecular weight is 330 g/mol. The standard InChI is InChI=1S/C17H18N2O3S/c1-12(2)16-10-15(8-9-17(16)22-3)23(20,21)19-14-6-4-13(11-18)5-7-14/h4-10,12,19H,1-3H3. The molecule has 0 radical (unpaired) electrons. The molecule has 0 aliphatic heterocycles. The Bertz CT molecular complexity index is 835. The van der Waals surface area contributed by atoms with E-state index in [2.05, 4.69) is 4.72 Å². The van der Waals surface area contributed by atoms with Gasteiger partial charge in [-0.3, -0.25) is 4.72 Å². The van der Waals surface area contributed by atoms with Gasteiger partial charge in [-0.1, -0.05) is 13.8 Å². The van der Waals surface area contributed by atoms with E-state index in [1.54, 1.807) is 43.5 Å². The van der Waals surface area contributed by atoms with Crippen molar-refractivity contribution in [2.45, 2.75) is 24.7 Å². The van der Waals surface area contributed by atoms with Crippen molar-refractivity contribution in [2.24, 2.45) is 0 Å². The Hall–Kier alpha value is -2.52. The molecule has 1 N–H and O–H groups in total. The van der Waals surface area contributed by atoms with Crippen molar-refractivity contribution in [1.82, 2.24) is 0 Å². The van der Waals surface area contributed by atoms with Crippen LogP contribution in [0.5, 0.6) is 5.75 Å². The number of anilines is 1. The molecule has 0 saturated carbocycles. The largest absolute Gasteiger partial charge is 0.496 e. The monoisotopic (exact) mass is 330 g/mol. The molecule has 6 heteroatoms. The fraction of sp³-hybridized carbons (Fsp3) is 0.235. The van der Waals surface area contributed by atoms with Gasteiger partial charge in [-0.15, -0.1) is 0 Å². The number of nitriles is 1. The van der Waals surface area contributed by atoms with Crippen LogP contribution in [0.2, 0.25) is 0 Å². The van der Waals surface area contributed by atoms with Gasteiger partial charge in [0.25, 0.3) is 10.0 Å². The summed E-state index contributed by atoms with van der Waals surface area (Å²) < 4.78 is 32.8. The minimum atomic E-state index is -3.70. The third-order valence-electron chi connectivity index (χ3n) is 3.40. The molecule has 0 saturated heterocycles. The number of nitrogens with zero attached hydrogens (tertiary/aromatic N) is 1. The van der Waals surface area contributed by atoms with Crippen LogP contribution in [0.3, 0.4) is 0 Å². The Labute approximate surface area is 136 Å². The Balaban J connectivity index is 2.35. The van der Waals surface area contributed by atoms with Gasteiger partial charge >= 0.3 is 0 Å². The van der Waals surface area contributed by atoms with Crippen LogP contribution in [-0.4, -0.2) is 15.5 Å². The lowest BCUT2D eigenvalue weighted by atomic mass is 10.0. The van der Waals surface area contributed by atoms with E-state index in [-0.39, 0.29) is 10.8 Å². The molecule has 5 nitrogen and oxygen atoms in total. The summed E-state index contributed by atoms with van der Waals surface area (Å²) in [6, 6.07) is 13.0. The molecule has 2 aromatic carbocycles. The fourth-order valence-corrected chi connectivity index (χ4v) is 3.25. The van der Waals surface area contributed by atoms with E-state index in [0.717, 1.165) is 5.56 Å². The van der Waals surface area contributed by atoms with Gasteiger partial charge in [-0.2, -0.15) is 5.26 Å². The molecule has 0 fully saturated rings. The quantitative estimate of drug-likeness (QED) is 0.910. The highest BCUT2D eigenvalue weighted by Gasteiger charge is 2.18. The molecule has 2 rings (SSSR count). The van der Waals surface area contributed by atoms with E-state index in [1.807, 2.05) is 19.9 Å². The van der Waals surface area contributed by atoms with Crippen molar-refractivity contribution in [1.29, 1.82) is 5.26 Å². The second-order valence-electron chi connectivity index (χ2n) is 5.35. The third-order valence-corrected chi connectivity index (χ3v) is 4.78. The molecule has 0 bridgehead atoms. The summed E-state index contributed by atoms with van der Waals surface area (Å²) in [5, 5.41) is 8.77. The van der Waals surface area contributed by atoms with Gasteiger partial charge in [0.1, 0.15) is 5.75 Å². The molecule has 23 heavy (non-hydrogen) atoms. The first-order chi connectivity index (χ1) is 10.9. The van der Waals surface area contributed by atoms with Gasteiger partial charge < -0.3 is 4.74 Å². The van der Waals surface area contributed by atoms with Crippen molar-refractivity contribution in [3.8, 4) is 11.8 Å². The van der Waals surface area contributed by atoms with Crippen molar-refractivity contribution in [3.05, 3.63) is 53.6 Å². The number of hydrogen-bond acceptors (Lipinski definition) is 4. The van der Waals surface area contributed by atoms with Crippen LogP contribution in [0.1, 0.15) is 30.9 Å². The Morgan fingerprint density at radius 1 is 1.13 bits per heavy atom. The summed E-state index contributed by atoms with van der Waals surface area (Å²) in [5.41, 5.74) is 1.71. The number of nitrogens with one attached hydrogen (secondary N) is 1. The molecule has 0 aliphatic rings. The Kier molecular flexibility index (Phi) is 4.92. The summed E-state index contributed by atoms with van der Waals surface area (Å²) in [6.45, 7) is 3.95. The van der Waals surface area contributed by atoms with E-state index < -0.39 is 10.0 Å². The topological polar surface area (TPSA) is 79.2 Å². The molecule has 0 unspecified atom stereocenters. The molecule has 0 aliphatic carbocycles. The second kappa shape index (κ2) is 6.71. The maximum Gasteiger partial charge on any atom is 0.261 e. The molecule has 2 aromatic rings. The summed E-state index contributed by atoms with van der Waals surface area (Å²) in [6.07, 6.45) is 0. The molecule has 0 spiro atoms. The number of methoxy groups -OCH3 is 1. The highest BCUT2D eigenvalue weighted by molar-refractivity contribution is 7.92. The fourth-order valence-electron chi connectivity index (χ4n) is 2.16. The first-order valence-corrected chi connectivity index (χ1v) is 8.56. The van der Waals surface area contributed by atoms with Crippen molar-refractivity contribution in [3.63, 3.8) is 0 Å². The molecular formula is C17H18N2O3S. The number of ether oxygens (including phenoxy) is 1. The van der Waals surface area contributed by atoms with Crippen LogP contribution in [0.4, 0.5) is 5.69 Å². The summed E-state index contributed by atoms with van der Waals surface area (Å²) in [5.74, 6) is 0.798. The smallest absolute Gasteiger partial charge is 0.261 e. The van der Waals surface area contributed by atoms with Crippen LogP contribution in [0, 0.1) is 11.3 Å². The molecule has 0 atom stereocenters. The van der Waals surface area contributed by atoms with Crippen LogP contribution < -0.4 is 9.46 Å². The van der Waals surface area contributed by atoms with Gasteiger partial charge in [-0.05, 0) is 53.9 Å². The van der Waals surface area contributed by atoms with Gasteiger partial charge in [0.05, 0.1) is 23.6 Å². The SMILES string of the molecule is COc1ccc(S(=O)(=O)Nc2ccc(C#N)cc2)cc1C(C)C. The molecule has 0 aromatic heterocycles. The lowest BCUT2D eigenvalue weighted by Crippen LogP contribution is -2.13. The maximum atomic E-state index is 12.5. The maximum absolute atomic E-state index is 12.5. The predicted molar refractivity (Wildman–Crippen MR) is 89.0 cm³/mol. The number of hydrogen-bond donors (Lipinski definition) is 1. The van der Waals surface area contributed by atoms with E-state index in [4.69, 9.17) is 10.00 Å². The zero-order valence-corrected chi connectivity index (χ0v) is 14.0. The molecule has 0 heterocycles. The summed E-state index contributed by atoms with van der Waals surface area (Å²) >= 11 is 0. The summed E-state index contributed by atoms with van der Waals surface area (Å²) in [4.78, 5) is 0.173. The van der Waals surface area contributed by atoms with Crippen LogP contribution in [-0.2, 0) is 10.0 Å². The highest BCUT2D eigenvalue weighted by atomic mass is 32.2. The third kappa shape index (κ3) is 3.82. The van der Waals surface area contributed by atoms with Gasteiger partial charge in [-0.25, -0.2) is 8.42 Å². The first-order valence-electron chi connectivity index (χ1n) is 7.08. The zero-order chi connectivity index (χ0) is 17.0. The van der Waals surface area contributed by atoms with E-state index in [0.29, 0.717) is 17.0 Å². The van der Waals surface area contributed by atoms with Crippen LogP contribution >= 0.6 is 0 Å². The first kappa shape index (κ1) is 16.8. The van der Waals surface area contributed by atoms with Crippen LogP contribution in [0.25, 0.3) is 0 Å². The Morgan fingerprint density at radius 3 is 2.30 bits per heavy atom. The van der Waals surface area contributed by atoms with Crippen molar-refractivity contribution < 1.29 is 13.2 Å². The lowest BCUT2D eigenvalue weighted by molar-refractivity contribution is 0.407. The highest BCUT2D eigenvalue weighted by Crippen LogP contribution is 2.29. The molecule has 0 amide bonds. The lowest BCUT2D eigenvalue weighted by Gasteiger charge is -2.14. The Morgan fingerprint density at radius 2 is 1.78 bits per heavy atom. The van der Waals surface area contributed by atoms with Crippen molar-refractivity contribution in [2.75, 3.05) is 11.8 Å². The number of sulfonamides is 1. The molecular weight excluding hydrogens is 312 g/mol. The van der Waals surface area contributed by atoms with Gasteiger partial charge in [0, 0.05) is 5.69 Å². The van der Waals surface area contributed by atoms with Gasteiger partial charge in [0.2, 0.25) is 0 Å². The minimum absolute atomic E-state index is 0.134. The van der Waals surface area contributed by atoms with E-state index >= 15 is 0 Å². The van der Waals surface area contributed by atoms with Crippen LogP contribution in [0.15, 0.2) is 47.4 Å². The predicted octanol–water partition coefficient (Wildman–Crippen LogP) is 3.49. The number of benzene rings is 2. The van der Waals surface area contributed by atoms with Crippen molar-refractivity contribution >= 4 is 15.7 Å². The van der Waals surface area contributed by atoms with E-state index in [9.17, 15) is 8.42 Å². The van der Waals surface area contributed by atoms with E-state index in [1.165, 1.54) is 6.07 Å². The summed E-state index contributed by atoms with van der Waals surface area (Å²) in [7, 11) is -2.14. The number of rotatable bonds is 5. The minimum Gasteiger partial charge on any atom is -0.496 e. The zero-order valence-electron chi connectivity index (χ0n) is 13.2. The average Bonchev–Trinajstić information content (AvgIpc) is 2.54. The van der Waals surface area contributed by atoms with Gasteiger partial charge in [0.15, 0.2) is 0 Å².